The van der Waals surface area contributed by atoms with Gasteiger partial charge in [0.1, 0.15) is 5.75 Å². The van der Waals surface area contributed by atoms with Crippen molar-refractivity contribution in [2.75, 3.05) is 25.0 Å². The normalized spacial score (nSPS) is 16.9. The van der Waals surface area contributed by atoms with Crippen LogP contribution in [0.4, 0.5) is 10.5 Å². The molecule has 0 radical (unpaired) electrons. The fourth-order valence-corrected chi connectivity index (χ4v) is 2.84. The van der Waals surface area contributed by atoms with Crippen molar-refractivity contribution in [3.63, 3.8) is 0 Å². The van der Waals surface area contributed by atoms with Gasteiger partial charge in [-0.05, 0) is 30.7 Å². The average molecular weight is 347 g/mol. The first-order valence-corrected chi connectivity index (χ1v) is 8.23. The summed E-state index contributed by atoms with van der Waals surface area (Å²) in [5.74, 6) is 1.21. The molecule has 0 bridgehead atoms. The molecule has 2 amide bonds. The van der Waals surface area contributed by atoms with Crippen molar-refractivity contribution >= 4 is 23.3 Å². The summed E-state index contributed by atoms with van der Waals surface area (Å²) in [5, 5.41) is 12.6. The van der Waals surface area contributed by atoms with Crippen molar-refractivity contribution < 1.29 is 14.6 Å². The molecule has 1 fully saturated rings. The molecule has 2 N–H and O–H groups in total. The number of hydrogen-bond donors (Lipinski definition) is 2. The zero-order chi connectivity index (χ0) is 16.9. The number of aliphatic hydroxyl groups is 1. The summed E-state index contributed by atoms with van der Waals surface area (Å²) < 4.78 is 5.84. The van der Waals surface area contributed by atoms with Gasteiger partial charge in [0.15, 0.2) is 5.75 Å². The number of aliphatic hydroxyl groups excluding tert-OH is 1. The molecule has 5 nitrogen and oxygen atoms in total. The Bertz CT molecular complexity index is 723. The van der Waals surface area contributed by atoms with E-state index in [2.05, 4.69) is 5.32 Å². The van der Waals surface area contributed by atoms with Gasteiger partial charge >= 0.3 is 6.03 Å². The van der Waals surface area contributed by atoms with Crippen molar-refractivity contribution in [3.8, 4) is 11.5 Å². The molecular weight excluding hydrogens is 328 g/mol. The smallest absolute Gasteiger partial charge is 0.321 e. The van der Waals surface area contributed by atoms with E-state index in [4.69, 9.17) is 16.3 Å². The number of amides is 2. The number of carbonyl (C=O) groups excluding carboxylic acids is 1. The first kappa shape index (κ1) is 16.6. The van der Waals surface area contributed by atoms with Gasteiger partial charge in [0.25, 0.3) is 0 Å². The number of likely N-dealkylation sites (tertiary alicyclic amines) is 1. The molecule has 1 unspecified atom stereocenters. The van der Waals surface area contributed by atoms with Crippen LogP contribution in [0.2, 0.25) is 5.02 Å². The quantitative estimate of drug-likeness (QED) is 0.880. The van der Waals surface area contributed by atoms with Gasteiger partial charge in [-0.3, -0.25) is 0 Å². The number of rotatable bonds is 4. The predicted molar refractivity (Wildman–Crippen MR) is 93.8 cm³/mol. The third kappa shape index (κ3) is 3.80. The summed E-state index contributed by atoms with van der Waals surface area (Å²) in [6.07, 6.45) is 0.821. The Morgan fingerprint density at radius 3 is 2.62 bits per heavy atom. The lowest BCUT2D eigenvalue weighted by Gasteiger charge is -2.19. The maximum Gasteiger partial charge on any atom is 0.321 e. The highest BCUT2D eigenvalue weighted by Crippen LogP contribution is 2.33. The number of nitrogens with one attached hydrogen (secondary N) is 1. The molecular formula is C18H19ClN2O3. The Labute approximate surface area is 145 Å². The van der Waals surface area contributed by atoms with Crippen LogP contribution in [0.25, 0.3) is 0 Å². The van der Waals surface area contributed by atoms with Gasteiger partial charge in [-0.15, -0.1) is 0 Å². The Kier molecular flexibility index (Phi) is 5.23. The molecule has 126 valence electrons. The minimum atomic E-state index is -0.193. The van der Waals surface area contributed by atoms with Crippen molar-refractivity contribution in [1.29, 1.82) is 0 Å². The van der Waals surface area contributed by atoms with Crippen LogP contribution in [-0.2, 0) is 0 Å². The van der Waals surface area contributed by atoms with Crippen LogP contribution in [0, 0.1) is 5.92 Å². The number of benzene rings is 2. The zero-order valence-electron chi connectivity index (χ0n) is 13.1. The van der Waals surface area contributed by atoms with E-state index in [0.717, 1.165) is 6.42 Å². The van der Waals surface area contributed by atoms with Gasteiger partial charge in [0.05, 0.1) is 10.7 Å². The highest BCUT2D eigenvalue weighted by atomic mass is 35.5. The maximum atomic E-state index is 12.4. The fourth-order valence-electron chi connectivity index (χ4n) is 2.67. The third-order valence-corrected chi connectivity index (χ3v) is 4.33. The minimum absolute atomic E-state index is 0.107. The molecule has 2 aromatic carbocycles. The summed E-state index contributed by atoms with van der Waals surface area (Å²) >= 11 is 6.12. The van der Waals surface area contributed by atoms with Crippen LogP contribution >= 0.6 is 11.6 Å². The molecule has 0 aromatic heterocycles. The van der Waals surface area contributed by atoms with Crippen molar-refractivity contribution in [3.05, 3.63) is 53.6 Å². The molecule has 6 heteroatoms. The molecule has 1 heterocycles. The van der Waals surface area contributed by atoms with E-state index in [-0.39, 0.29) is 18.6 Å². The van der Waals surface area contributed by atoms with Crippen LogP contribution in [-0.4, -0.2) is 35.7 Å². The van der Waals surface area contributed by atoms with E-state index in [9.17, 15) is 9.90 Å². The highest BCUT2D eigenvalue weighted by molar-refractivity contribution is 6.32. The summed E-state index contributed by atoms with van der Waals surface area (Å²) in [6, 6.07) is 14.2. The van der Waals surface area contributed by atoms with E-state index in [1.807, 2.05) is 24.3 Å². The first-order valence-electron chi connectivity index (χ1n) is 7.85. The van der Waals surface area contributed by atoms with Crippen LogP contribution in [0.5, 0.6) is 11.5 Å². The van der Waals surface area contributed by atoms with Gasteiger partial charge in [0.2, 0.25) is 0 Å². The summed E-state index contributed by atoms with van der Waals surface area (Å²) in [7, 11) is 0. The second-order valence-corrected chi connectivity index (χ2v) is 6.15. The van der Waals surface area contributed by atoms with E-state index in [1.54, 1.807) is 29.2 Å². The molecule has 1 aliphatic rings. The van der Waals surface area contributed by atoms with E-state index >= 15 is 0 Å². The average Bonchev–Trinajstić information content (AvgIpc) is 3.08. The van der Waals surface area contributed by atoms with E-state index < -0.39 is 0 Å². The van der Waals surface area contributed by atoms with Gasteiger partial charge in [-0.1, -0.05) is 35.9 Å². The standard InChI is InChI=1S/C18H19ClN2O3/c19-14-5-1-3-7-16(14)24-17-8-4-2-6-15(17)20-18(23)21-10-9-13(11-21)12-22/h1-8,13,22H,9-12H2,(H,20,23). The summed E-state index contributed by atoms with van der Waals surface area (Å²) in [4.78, 5) is 14.1. The SMILES string of the molecule is O=C(Nc1ccccc1Oc1ccccc1Cl)N1CCC(CO)C1. The minimum Gasteiger partial charge on any atom is -0.454 e. The maximum absolute atomic E-state index is 12.4. The Hall–Kier alpha value is -2.24. The molecule has 2 aromatic rings. The van der Waals surface area contributed by atoms with Crippen molar-refractivity contribution in [2.45, 2.75) is 6.42 Å². The Balaban J connectivity index is 1.73. The number of carbonyl (C=O) groups is 1. The van der Waals surface area contributed by atoms with Crippen LogP contribution in [0.3, 0.4) is 0 Å². The second-order valence-electron chi connectivity index (χ2n) is 5.74. The number of nitrogens with zero attached hydrogens (tertiary/aromatic N) is 1. The molecule has 0 spiro atoms. The number of para-hydroxylation sites is 3. The molecule has 3 rings (SSSR count). The summed E-state index contributed by atoms with van der Waals surface area (Å²) in [6.45, 7) is 1.32. The number of urea groups is 1. The summed E-state index contributed by atoms with van der Waals surface area (Å²) in [5.41, 5.74) is 0.579. The van der Waals surface area contributed by atoms with Gasteiger partial charge in [-0.25, -0.2) is 4.79 Å². The van der Waals surface area contributed by atoms with Gasteiger partial charge < -0.3 is 20.1 Å². The monoisotopic (exact) mass is 346 g/mol. The van der Waals surface area contributed by atoms with Crippen LogP contribution in [0.15, 0.2) is 48.5 Å². The van der Waals surface area contributed by atoms with Crippen molar-refractivity contribution in [2.24, 2.45) is 5.92 Å². The molecule has 1 saturated heterocycles. The van der Waals surface area contributed by atoms with E-state index in [1.165, 1.54) is 0 Å². The van der Waals surface area contributed by atoms with Gasteiger partial charge in [0, 0.05) is 25.6 Å². The van der Waals surface area contributed by atoms with Crippen molar-refractivity contribution in [1.82, 2.24) is 4.90 Å². The molecule has 0 aliphatic carbocycles. The van der Waals surface area contributed by atoms with Crippen LogP contribution in [0.1, 0.15) is 6.42 Å². The molecule has 24 heavy (non-hydrogen) atoms. The Morgan fingerprint density at radius 2 is 1.92 bits per heavy atom. The van der Waals surface area contributed by atoms with Crippen LogP contribution < -0.4 is 10.1 Å². The zero-order valence-corrected chi connectivity index (χ0v) is 13.9. The lowest BCUT2D eigenvalue weighted by Crippen LogP contribution is -2.33. The lowest BCUT2D eigenvalue weighted by molar-refractivity contribution is 0.208. The predicted octanol–water partition coefficient (Wildman–Crippen LogP) is 3.98. The van der Waals surface area contributed by atoms with Gasteiger partial charge in [-0.2, -0.15) is 0 Å². The first-order chi connectivity index (χ1) is 11.7. The molecule has 1 atom stereocenters. The second kappa shape index (κ2) is 7.55. The van der Waals surface area contributed by atoms with E-state index in [0.29, 0.717) is 35.3 Å². The lowest BCUT2D eigenvalue weighted by atomic mass is 10.1. The fraction of sp³-hybridized carbons (Fsp3) is 0.278. The number of halogens is 1. The largest absolute Gasteiger partial charge is 0.454 e. The Morgan fingerprint density at radius 1 is 1.21 bits per heavy atom. The third-order valence-electron chi connectivity index (χ3n) is 4.02. The number of ether oxygens (including phenoxy) is 1. The molecule has 1 aliphatic heterocycles. The number of hydrogen-bond acceptors (Lipinski definition) is 3. The molecule has 0 saturated carbocycles. The number of anilines is 1. The highest BCUT2D eigenvalue weighted by Gasteiger charge is 2.26. The topological polar surface area (TPSA) is 61.8 Å².